The van der Waals surface area contributed by atoms with Crippen LogP contribution in [0.15, 0.2) is 108 Å². The van der Waals surface area contributed by atoms with Crippen molar-refractivity contribution in [3.8, 4) is 5.75 Å². The topological polar surface area (TPSA) is 67.4 Å². The van der Waals surface area contributed by atoms with Crippen LogP contribution in [-0.2, 0) is 9.59 Å². The maximum Gasteiger partial charge on any atom is 0.262 e. The largest absolute Gasteiger partial charge is 0.484 e. The summed E-state index contributed by atoms with van der Waals surface area (Å²) >= 11 is 7.57. The second-order valence-electron chi connectivity index (χ2n) is 8.03. The minimum Gasteiger partial charge on any atom is -0.484 e. The number of hydrogen-bond donors (Lipinski definition) is 2. The van der Waals surface area contributed by atoms with Crippen molar-refractivity contribution in [3.63, 3.8) is 0 Å². The number of para-hydroxylation sites is 1. The van der Waals surface area contributed by atoms with Gasteiger partial charge in [0.25, 0.3) is 5.91 Å². The van der Waals surface area contributed by atoms with Crippen molar-refractivity contribution >= 4 is 46.6 Å². The molecular formula is C29H25ClN2O3S. The fourth-order valence-electron chi connectivity index (χ4n) is 3.44. The van der Waals surface area contributed by atoms with Gasteiger partial charge in [-0.2, -0.15) is 0 Å². The van der Waals surface area contributed by atoms with E-state index in [1.165, 1.54) is 11.8 Å². The lowest BCUT2D eigenvalue weighted by Crippen LogP contribution is -2.20. The average Bonchev–Trinajstić information content (AvgIpc) is 2.90. The molecule has 2 amide bonds. The Balaban J connectivity index is 1.42. The standard InChI is InChI=1S/C29H25ClN2O3S/c1-20-12-13-22(30)18-26(20)32-29(34)28(21-8-4-2-5-9-21)36-25-16-14-23(15-17-25)31-27(33)19-35-24-10-6-3-7-11-24/h2-18,28H,19H2,1H3,(H,31,33)(H,32,34). The fourth-order valence-corrected chi connectivity index (χ4v) is 4.64. The summed E-state index contributed by atoms with van der Waals surface area (Å²) < 4.78 is 5.49. The molecule has 4 rings (SSSR count). The molecule has 0 saturated heterocycles. The van der Waals surface area contributed by atoms with Crippen molar-refractivity contribution in [1.29, 1.82) is 0 Å². The normalized spacial score (nSPS) is 11.4. The van der Waals surface area contributed by atoms with Crippen LogP contribution in [0, 0.1) is 6.92 Å². The lowest BCUT2D eigenvalue weighted by atomic mass is 10.1. The van der Waals surface area contributed by atoms with Crippen LogP contribution in [0.3, 0.4) is 0 Å². The van der Waals surface area contributed by atoms with Crippen molar-refractivity contribution in [2.75, 3.05) is 17.2 Å². The van der Waals surface area contributed by atoms with Gasteiger partial charge in [0.05, 0.1) is 0 Å². The van der Waals surface area contributed by atoms with Crippen molar-refractivity contribution in [1.82, 2.24) is 0 Å². The zero-order chi connectivity index (χ0) is 25.3. The highest BCUT2D eigenvalue weighted by molar-refractivity contribution is 8.00. The Morgan fingerprint density at radius 2 is 1.53 bits per heavy atom. The third kappa shape index (κ3) is 7.13. The van der Waals surface area contributed by atoms with Gasteiger partial charge >= 0.3 is 0 Å². The lowest BCUT2D eigenvalue weighted by Gasteiger charge is -2.18. The van der Waals surface area contributed by atoms with Crippen LogP contribution in [0.5, 0.6) is 5.75 Å². The molecule has 0 radical (unpaired) electrons. The van der Waals surface area contributed by atoms with Crippen LogP contribution < -0.4 is 15.4 Å². The van der Waals surface area contributed by atoms with Crippen molar-refractivity contribution in [2.24, 2.45) is 0 Å². The number of carbonyl (C=O) groups excluding carboxylic acids is 2. The Labute approximate surface area is 219 Å². The number of nitrogens with one attached hydrogen (secondary N) is 2. The van der Waals surface area contributed by atoms with Crippen molar-refractivity contribution < 1.29 is 14.3 Å². The Morgan fingerprint density at radius 3 is 2.22 bits per heavy atom. The van der Waals surface area contributed by atoms with Gasteiger partial charge in [0.15, 0.2) is 6.61 Å². The van der Waals surface area contributed by atoms with Crippen LogP contribution >= 0.6 is 23.4 Å². The quantitative estimate of drug-likeness (QED) is 0.232. The molecule has 4 aromatic rings. The van der Waals surface area contributed by atoms with Crippen LogP contribution in [0.1, 0.15) is 16.4 Å². The molecule has 0 aliphatic heterocycles. The third-order valence-electron chi connectivity index (χ3n) is 5.30. The van der Waals surface area contributed by atoms with E-state index in [1.807, 2.05) is 85.8 Å². The van der Waals surface area contributed by atoms with E-state index in [0.717, 1.165) is 16.0 Å². The molecule has 0 aliphatic rings. The van der Waals surface area contributed by atoms with Gasteiger partial charge in [-0.25, -0.2) is 0 Å². The molecule has 1 unspecified atom stereocenters. The Kier molecular flexibility index (Phi) is 8.66. The Morgan fingerprint density at radius 1 is 0.861 bits per heavy atom. The molecule has 0 spiro atoms. The van der Waals surface area contributed by atoms with E-state index in [9.17, 15) is 9.59 Å². The number of ether oxygens (including phenoxy) is 1. The van der Waals surface area contributed by atoms with Crippen LogP contribution in [0.4, 0.5) is 11.4 Å². The molecule has 0 aromatic heterocycles. The molecule has 0 bridgehead atoms. The fraction of sp³-hybridized carbons (Fsp3) is 0.103. The number of aryl methyl sites for hydroxylation is 1. The average molecular weight is 517 g/mol. The highest BCUT2D eigenvalue weighted by atomic mass is 35.5. The van der Waals surface area contributed by atoms with Crippen LogP contribution in [-0.4, -0.2) is 18.4 Å². The minimum atomic E-state index is -0.482. The van der Waals surface area contributed by atoms with Gasteiger partial charge in [0.2, 0.25) is 5.91 Å². The SMILES string of the molecule is Cc1ccc(Cl)cc1NC(=O)C(Sc1ccc(NC(=O)COc2ccccc2)cc1)c1ccccc1. The zero-order valence-electron chi connectivity index (χ0n) is 19.6. The molecule has 182 valence electrons. The zero-order valence-corrected chi connectivity index (χ0v) is 21.2. The Bertz CT molecular complexity index is 1320. The first-order valence-corrected chi connectivity index (χ1v) is 12.6. The smallest absolute Gasteiger partial charge is 0.262 e. The van der Waals surface area contributed by atoms with Gasteiger partial charge in [-0.1, -0.05) is 66.2 Å². The maximum atomic E-state index is 13.3. The number of rotatable bonds is 9. The predicted octanol–water partition coefficient (Wildman–Crippen LogP) is 7.14. The second kappa shape index (κ2) is 12.3. The summed E-state index contributed by atoms with van der Waals surface area (Å²) in [5.74, 6) is 0.238. The van der Waals surface area contributed by atoms with Gasteiger partial charge in [-0.3, -0.25) is 9.59 Å². The van der Waals surface area contributed by atoms with E-state index in [4.69, 9.17) is 16.3 Å². The van der Waals surface area contributed by atoms with E-state index in [2.05, 4.69) is 10.6 Å². The van der Waals surface area contributed by atoms with Crippen LogP contribution in [0.2, 0.25) is 5.02 Å². The summed E-state index contributed by atoms with van der Waals surface area (Å²) in [6, 6.07) is 31.6. The van der Waals surface area contributed by atoms with Crippen LogP contribution in [0.25, 0.3) is 0 Å². The van der Waals surface area contributed by atoms with Gasteiger partial charge in [-0.15, -0.1) is 11.8 Å². The third-order valence-corrected chi connectivity index (χ3v) is 6.80. The summed E-state index contributed by atoms with van der Waals surface area (Å²) in [7, 11) is 0. The maximum absolute atomic E-state index is 13.3. The number of anilines is 2. The Hall–Kier alpha value is -3.74. The number of thioether (sulfide) groups is 1. The molecule has 0 aliphatic carbocycles. The van der Waals surface area contributed by atoms with E-state index < -0.39 is 5.25 Å². The van der Waals surface area contributed by atoms with Crippen molar-refractivity contribution in [3.05, 3.63) is 119 Å². The summed E-state index contributed by atoms with van der Waals surface area (Å²) in [5, 5.41) is 5.93. The first-order chi connectivity index (χ1) is 17.5. The molecule has 0 saturated carbocycles. The molecule has 5 nitrogen and oxygen atoms in total. The number of hydrogen-bond acceptors (Lipinski definition) is 4. The van der Waals surface area contributed by atoms with Gasteiger partial charge in [-0.05, 0) is 66.6 Å². The first-order valence-electron chi connectivity index (χ1n) is 11.3. The number of carbonyl (C=O) groups is 2. The summed E-state index contributed by atoms with van der Waals surface area (Å²) in [6.07, 6.45) is 0. The molecular weight excluding hydrogens is 492 g/mol. The molecule has 0 fully saturated rings. The summed E-state index contributed by atoms with van der Waals surface area (Å²) in [6.45, 7) is 1.84. The van der Waals surface area contributed by atoms with Crippen molar-refractivity contribution in [2.45, 2.75) is 17.1 Å². The van der Waals surface area contributed by atoms with Gasteiger partial charge in [0, 0.05) is 21.3 Å². The molecule has 1 atom stereocenters. The van der Waals surface area contributed by atoms with E-state index in [1.54, 1.807) is 24.3 Å². The molecule has 36 heavy (non-hydrogen) atoms. The van der Waals surface area contributed by atoms with Gasteiger partial charge in [0.1, 0.15) is 11.0 Å². The molecule has 4 aromatic carbocycles. The molecule has 7 heteroatoms. The van der Waals surface area contributed by atoms with Gasteiger partial charge < -0.3 is 15.4 Å². The number of benzene rings is 4. The minimum absolute atomic E-state index is 0.0836. The van der Waals surface area contributed by atoms with E-state index in [0.29, 0.717) is 22.1 Å². The van der Waals surface area contributed by atoms with E-state index in [-0.39, 0.29) is 18.4 Å². The second-order valence-corrected chi connectivity index (χ2v) is 9.65. The predicted molar refractivity (Wildman–Crippen MR) is 147 cm³/mol. The van der Waals surface area contributed by atoms with E-state index >= 15 is 0 Å². The summed E-state index contributed by atoms with van der Waals surface area (Å²) in [5.41, 5.74) is 3.15. The first kappa shape index (κ1) is 25.4. The highest BCUT2D eigenvalue weighted by Crippen LogP contribution is 2.37. The lowest BCUT2D eigenvalue weighted by molar-refractivity contribution is -0.118. The monoisotopic (exact) mass is 516 g/mol. The molecule has 2 N–H and O–H groups in total. The number of amides is 2. The highest BCUT2D eigenvalue weighted by Gasteiger charge is 2.23. The molecule has 0 heterocycles. The summed E-state index contributed by atoms with van der Waals surface area (Å²) in [4.78, 5) is 26.5. The number of halogens is 1.